The third-order valence-electron chi connectivity index (χ3n) is 13.9. The number of pyridine rings is 1. The smallest absolute Gasteiger partial charge is 0.421 e. The predicted molar refractivity (Wildman–Crippen MR) is 343 cm³/mol. The number of nitrogens with two attached hydrogens (primary N) is 2. The van der Waals surface area contributed by atoms with Crippen LogP contribution in [0.4, 0.5) is 42.1 Å². The van der Waals surface area contributed by atoms with E-state index in [0.717, 1.165) is 5.69 Å². The van der Waals surface area contributed by atoms with Crippen LogP contribution in [0, 0.1) is 5.92 Å². The zero-order valence-corrected chi connectivity index (χ0v) is 54.4. The van der Waals surface area contributed by atoms with Gasteiger partial charge in [-0.3, -0.25) is 33.8 Å². The Morgan fingerprint density at radius 2 is 1.43 bits per heavy atom. The highest BCUT2D eigenvalue weighted by molar-refractivity contribution is 7.88. The highest BCUT2D eigenvalue weighted by atomic mass is 32.2. The van der Waals surface area contributed by atoms with Crippen molar-refractivity contribution in [1.82, 2.24) is 56.0 Å². The Labute approximate surface area is 557 Å². The number of urea groups is 1. The van der Waals surface area contributed by atoms with E-state index >= 15 is 0 Å². The number of morpholine rings is 1. The number of anilines is 4. The van der Waals surface area contributed by atoms with Crippen molar-refractivity contribution < 1.29 is 94.4 Å². The van der Waals surface area contributed by atoms with Crippen LogP contribution in [0.2, 0.25) is 0 Å². The Morgan fingerprint density at radius 3 is 2.14 bits per heavy atom. The van der Waals surface area contributed by atoms with E-state index in [2.05, 4.69) is 61.8 Å². The van der Waals surface area contributed by atoms with Gasteiger partial charge >= 0.3 is 40.5 Å². The number of nitrogens with zero attached hydrogens (tertiary/aromatic N) is 5. The van der Waals surface area contributed by atoms with Crippen molar-refractivity contribution >= 4 is 98.8 Å². The monoisotopic (exact) mass is 1380 g/mol. The van der Waals surface area contributed by atoms with Crippen LogP contribution in [0.15, 0.2) is 73.2 Å². The topological polar surface area (TPSA) is 492 Å². The molecule has 37 heteroatoms. The van der Waals surface area contributed by atoms with Crippen molar-refractivity contribution in [3.8, 4) is 17.0 Å². The summed E-state index contributed by atoms with van der Waals surface area (Å²) < 4.78 is 60.4. The number of nitrogens with one attached hydrogen (secondary N) is 9. The summed E-state index contributed by atoms with van der Waals surface area (Å²) in [5.41, 5.74) is 14.4. The van der Waals surface area contributed by atoms with Crippen LogP contribution in [-0.4, -0.2) is 191 Å². The van der Waals surface area contributed by atoms with Crippen LogP contribution in [-0.2, 0) is 74.1 Å². The summed E-state index contributed by atoms with van der Waals surface area (Å²) in [6.45, 7) is 6.17. The van der Waals surface area contributed by atoms with Crippen LogP contribution in [0.3, 0.4) is 0 Å². The lowest BCUT2D eigenvalue weighted by molar-refractivity contribution is -0.197. The van der Waals surface area contributed by atoms with E-state index in [1.54, 1.807) is 86.4 Å². The molecule has 3 atom stereocenters. The summed E-state index contributed by atoms with van der Waals surface area (Å²) in [5.74, 6) is -4.55. The van der Waals surface area contributed by atoms with Gasteiger partial charge in [-0.15, -0.1) is 5.06 Å². The number of aromatic nitrogens is 3. The van der Waals surface area contributed by atoms with Gasteiger partial charge in [-0.1, -0.05) is 26.0 Å². The van der Waals surface area contributed by atoms with Gasteiger partial charge in [-0.25, -0.2) is 38.7 Å². The quantitative estimate of drug-likeness (QED) is 0.0173. The molecule has 526 valence electrons. The second-order valence-corrected chi connectivity index (χ2v) is 23.4. The molecule has 0 spiro atoms. The first-order valence-electron chi connectivity index (χ1n) is 30.8. The molecule has 2 aromatic carbocycles. The number of ether oxygens (including phenoxy) is 6. The first-order valence-corrected chi connectivity index (χ1v) is 32.3. The zero-order chi connectivity index (χ0) is 70.3. The molecule has 2 aromatic heterocycles. The van der Waals surface area contributed by atoms with Crippen molar-refractivity contribution in [3.05, 3.63) is 84.4 Å². The maximum atomic E-state index is 13.7. The first-order chi connectivity index (χ1) is 46.4. The van der Waals surface area contributed by atoms with Gasteiger partial charge in [-0.2, -0.15) is 13.1 Å². The summed E-state index contributed by atoms with van der Waals surface area (Å²) in [6, 6.07) is 11.9. The van der Waals surface area contributed by atoms with Crippen LogP contribution in [0.1, 0.15) is 88.2 Å². The molecule has 2 aliphatic heterocycles. The number of rotatable bonds is 37. The standard InChI is InChI=1S/C60H80N16O20S/c1-37(2)51(73-59(86)93-32-31-90-28-24-68-97(88,89)74-60(87)92-27-6-22-64-47(77)8-4-9-50(80)96-76-48(78)18-19-49(76)79)55(82)71-43(7-5-21-65-57(62)84)54(81)69-41-14-10-39(11-15-41)36-94-58(85)67-33-38(3)95-42-16-12-40(13-17-42)44-35-66-53(61)52(70-44)56(83)72-45-34-63-23-20-46(45)75-25-29-91-30-26-75/h10-17,20,23,34-35,37-38,43,51,68H,4-9,18-19,21-22,24-33,36H2,1-3H3,(H2,61,66)(H,64,77)(H,67,85)(H,69,81)(H,71,82)(H,72,83)(H,73,86)(H,74,87)(H3,62,65,84)/t38?,43-,51-/m1/s1. The number of imide groups is 1. The summed E-state index contributed by atoms with van der Waals surface area (Å²) >= 11 is 0. The highest BCUT2D eigenvalue weighted by Crippen LogP contribution is 2.28. The summed E-state index contributed by atoms with van der Waals surface area (Å²) in [6.07, 6.45) is 1.14. The van der Waals surface area contributed by atoms with Gasteiger partial charge in [0, 0.05) is 75.9 Å². The SMILES string of the molecule is CC(CNC(=O)OCc1ccc(NC(=O)[C@@H](CCCNC(N)=O)NC(=O)[C@H](NC(=O)OCCOCCNS(=O)(=O)NC(=O)OCCCNC(=O)CCCC(=O)ON2C(=O)CCC2=O)C(C)C)cc1)Oc1ccc(-c2cnc(N)c(C(=O)Nc3cnccc3N3CCOCC3)n2)cc1. The van der Waals surface area contributed by atoms with Crippen LogP contribution in [0.25, 0.3) is 11.3 Å². The highest BCUT2D eigenvalue weighted by Gasteiger charge is 2.33. The molecular weight excluding hydrogens is 1300 g/mol. The average molecular weight is 1380 g/mol. The molecule has 0 bridgehead atoms. The fourth-order valence-corrected chi connectivity index (χ4v) is 9.69. The molecule has 11 amide bonds. The fourth-order valence-electron chi connectivity index (χ4n) is 8.99. The minimum absolute atomic E-state index is 0.0286. The van der Waals surface area contributed by atoms with E-state index in [0.29, 0.717) is 65.3 Å². The minimum atomic E-state index is -4.38. The van der Waals surface area contributed by atoms with Gasteiger partial charge < -0.3 is 86.8 Å². The van der Waals surface area contributed by atoms with Gasteiger partial charge in [-0.05, 0) is 86.6 Å². The molecule has 2 aliphatic rings. The number of hydroxylamine groups is 2. The molecule has 97 heavy (non-hydrogen) atoms. The third-order valence-corrected chi connectivity index (χ3v) is 14.9. The number of carbonyl (C=O) groups is 11. The summed E-state index contributed by atoms with van der Waals surface area (Å²) in [7, 11) is -4.38. The number of alkyl carbamates (subject to hydrolysis) is 2. The average Bonchev–Trinajstić information content (AvgIpc) is 1.42. The molecular formula is C60H80N16O20S. The van der Waals surface area contributed by atoms with E-state index in [4.69, 9.17) is 44.7 Å². The molecule has 1 unspecified atom stereocenters. The van der Waals surface area contributed by atoms with Gasteiger partial charge in [0.2, 0.25) is 17.7 Å². The van der Waals surface area contributed by atoms with Crippen molar-refractivity contribution in [1.29, 1.82) is 0 Å². The molecule has 4 aromatic rings. The molecule has 2 saturated heterocycles. The Hall–Kier alpha value is -10.5. The predicted octanol–water partition coefficient (Wildman–Crippen LogP) is 1.39. The second-order valence-electron chi connectivity index (χ2n) is 21.9. The maximum Gasteiger partial charge on any atom is 0.421 e. The van der Waals surface area contributed by atoms with E-state index in [-0.39, 0.29) is 122 Å². The Balaban J connectivity index is 0.844. The molecule has 0 radical (unpaired) electrons. The number of nitrogen functional groups attached to an aromatic ring is 1. The largest absolute Gasteiger partial charge is 0.489 e. The van der Waals surface area contributed by atoms with Crippen LogP contribution in [0.5, 0.6) is 5.75 Å². The molecule has 6 rings (SSSR count). The Kier molecular flexibility index (Phi) is 30.2. The minimum Gasteiger partial charge on any atom is -0.489 e. The van der Waals surface area contributed by atoms with Gasteiger partial charge in [0.15, 0.2) is 11.5 Å². The van der Waals surface area contributed by atoms with Gasteiger partial charge in [0.25, 0.3) is 17.7 Å². The molecule has 0 saturated carbocycles. The molecule has 36 nitrogen and oxygen atoms in total. The molecule has 0 aliphatic carbocycles. The first kappa shape index (κ1) is 75.5. The fraction of sp³-hybridized carbons (Fsp3) is 0.467. The lowest BCUT2D eigenvalue weighted by atomic mass is 10.0. The zero-order valence-electron chi connectivity index (χ0n) is 53.6. The van der Waals surface area contributed by atoms with E-state index < -0.39 is 100 Å². The Bertz CT molecular complexity index is 3480. The van der Waals surface area contributed by atoms with E-state index in [9.17, 15) is 61.2 Å². The van der Waals surface area contributed by atoms with E-state index in [1.807, 2.05) is 6.07 Å². The molecule has 13 N–H and O–H groups in total. The number of benzene rings is 2. The lowest BCUT2D eigenvalue weighted by Gasteiger charge is -2.30. The number of primary amides is 1. The molecule has 4 heterocycles. The molecule has 2 fully saturated rings. The maximum absolute atomic E-state index is 13.7. The van der Waals surface area contributed by atoms with Crippen molar-refractivity contribution in [3.63, 3.8) is 0 Å². The third kappa shape index (κ3) is 26.7. The summed E-state index contributed by atoms with van der Waals surface area (Å²) in [4.78, 5) is 156. The van der Waals surface area contributed by atoms with Crippen molar-refractivity contribution in [2.24, 2.45) is 11.7 Å². The number of carbonyl (C=O) groups excluding carboxylic acids is 11. The number of amides is 11. The normalized spacial score (nSPS) is 13.8. The lowest BCUT2D eigenvalue weighted by Crippen LogP contribution is -2.54. The summed E-state index contributed by atoms with van der Waals surface area (Å²) in [5, 5.41) is 18.7. The van der Waals surface area contributed by atoms with Crippen LogP contribution >= 0.6 is 0 Å². The Morgan fingerprint density at radius 1 is 0.722 bits per heavy atom. The van der Waals surface area contributed by atoms with Crippen molar-refractivity contribution in [2.45, 2.75) is 96.9 Å². The van der Waals surface area contributed by atoms with E-state index in [1.165, 1.54) is 6.20 Å². The number of hydrogen-bond acceptors (Lipinski definition) is 25. The number of hydrogen-bond donors (Lipinski definition) is 11. The second kappa shape index (κ2) is 38.7. The van der Waals surface area contributed by atoms with Crippen molar-refractivity contribution in [2.75, 3.05) is 100 Å². The van der Waals surface area contributed by atoms with Gasteiger partial charge in [0.05, 0.1) is 69.0 Å². The van der Waals surface area contributed by atoms with Gasteiger partial charge in [0.1, 0.15) is 37.2 Å². The van der Waals surface area contributed by atoms with Crippen LogP contribution < -0.4 is 67.8 Å².